The van der Waals surface area contributed by atoms with Crippen molar-refractivity contribution in [3.63, 3.8) is 0 Å². The molecule has 0 radical (unpaired) electrons. The number of halogens is 2. The van der Waals surface area contributed by atoms with Crippen LogP contribution in [-0.4, -0.2) is 36.5 Å². The highest BCUT2D eigenvalue weighted by atomic mass is 35.5. The maximum absolute atomic E-state index is 14.8. The molecule has 1 aliphatic rings. The summed E-state index contributed by atoms with van der Waals surface area (Å²) in [6, 6.07) is 11.1. The standard InChI is InChI=1S/C17H14ClFN2O2S/c18-14-4-3-6-16(12-14)24(22,23)21-11-9-17(19,13-21)8-7-15-5-1-2-10-20-15/h1-6,10,12H,9,11,13H2. The number of benzene rings is 1. The molecule has 1 aromatic carbocycles. The van der Waals surface area contributed by atoms with E-state index >= 15 is 0 Å². The van der Waals surface area contributed by atoms with Crippen LogP contribution < -0.4 is 0 Å². The minimum atomic E-state index is -3.79. The second-order valence-electron chi connectivity index (χ2n) is 5.48. The van der Waals surface area contributed by atoms with Gasteiger partial charge in [-0.15, -0.1) is 0 Å². The zero-order chi connectivity index (χ0) is 17.2. The van der Waals surface area contributed by atoms with E-state index in [4.69, 9.17) is 11.6 Å². The van der Waals surface area contributed by atoms with Crippen LogP contribution in [0.5, 0.6) is 0 Å². The van der Waals surface area contributed by atoms with Crippen LogP contribution in [0.25, 0.3) is 0 Å². The van der Waals surface area contributed by atoms with E-state index in [9.17, 15) is 12.8 Å². The SMILES string of the molecule is O=S(=O)(c1cccc(Cl)c1)N1CCC(F)(C#Cc2ccccn2)C1. The molecule has 24 heavy (non-hydrogen) atoms. The highest BCUT2D eigenvalue weighted by Gasteiger charge is 2.42. The van der Waals surface area contributed by atoms with Crippen LogP contribution in [0.3, 0.4) is 0 Å². The molecule has 3 rings (SSSR count). The van der Waals surface area contributed by atoms with E-state index in [2.05, 4.69) is 16.8 Å². The van der Waals surface area contributed by atoms with E-state index in [-0.39, 0.29) is 24.4 Å². The molecule has 0 spiro atoms. The molecule has 0 amide bonds. The van der Waals surface area contributed by atoms with E-state index in [1.807, 2.05) is 0 Å². The third-order valence-electron chi connectivity index (χ3n) is 3.70. The van der Waals surface area contributed by atoms with E-state index in [1.54, 1.807) is 36.5 Å². The van der Waals surface area contributed by atoms with Crippen molar-refractivity contribution in [1.29, 1.82) is 0 Å². The summed E-state index contributed by atoms with van der Waals surface area (Å²) in [5.74, 6) is 5.20. The second-order valence-corrected chi connectivity index (χ2v) is 7.85. The number of pyridine rings is 1. The Bertz CT molecular complexity index is 909. The summed E-state index contributed by atoms with van der Waals surface area (Å²) < 4.78 is 41.1. The summed E-state index contributed by atoms with van der Waals surface area (Å²) in [5, 5.41) is 0.316. The summed E-state index contributed by atoms with van der Waals surface area (Å²) in [6.07, 6.45) is 1.59. The van der Waals surface area contributed by atoms with Gasteiger partial charge in [-0.25, -0.2) is 17.8 Å². The smallest absolute Gasteiger partial charge is 0.243 e. The predicted octanol–water partition coefficient (Wildman–Crippen LogP) is 2.89. The summed E-state index contributed by atoms with van der Waals surface area (Å²) in [5.41, 5.74) is -1.44. The van der Waals surface area contributed by atoms with Gasteiger partial charge in [-0.05, 0) is 36.3 Å². The normalized spacial score (nSPS) is 21.2. The molecule has 1 aromatic heterocycles. The monoisotopic (exact) mass is 364 g/mol. The number of rotatable bonds is 2. The van der Waals surface area contributed by atoms with Crippen LogP contribution in [0.1, 0.15) is 12.1 Å². The molecule has 0 aliphatic carbocycles. The van der Waals surface area contributed by atoms with Gasteiger partial charge in [-0.2, -0.15) is 4.31 Å². The summed E-state index contributed by atoms with van der Waals surface area (Å²) in [4.78, 5) is 4.06. The number of hydrogen-bond acceptors (Lipinski definition) is 3. The first-order valence-corrected chi connectivity index (χ1v) is 9.10. The summed E-state index contributed by atoms with van der Waals surface area (Å²) in [7, 11) is -3.79. The van der Waals surface area contributed by atoms with E-state index in [1.165, 1.54) is 12.1 Å². The fourth-order valence-electron chi connectivity index (χ4n) is 2.44. The van der Waals surface area contributed by atoms with Gasteiger partial charge < -0.3 is 0 Å². The number of nitrogens with zero attached hydrogens (tertiary/aromatic N) is 2. The Morgan fingerprint density at radius 1 is 1.25 bits per heavy atom. The average molecular weight is 365 g/mol. The van der Waals surface area contributed by atoms with E-state index in [0.717, 1.165) is 4.31 Å². The molecule has 1 saturated heterocycles. The van der Waals surface area contributed by atoms with Gasteiger partial charge >= 0.3 is 0 Å². The van der Waals surface area contributed by atoms with Crippen LogP contribution in [0, 0.1) is 11.8 Å². The molecular weight excluding hydrogens is 351 g/mol. The molecule has 2 aromatic rings. The van der Waals surface area contributed by atoms with Crippen LogP contribution in [-0.2, 0) is 10.0 Å². The number of sulfonamides is 1. The fourth-order valence-corrected chi connectivity index (χ4v) is 4.22. The van der Waals surface area contributed by atoms with Gasteiger partial charge in [-0.1, -0.05) is 29.7 Å². The number of aromatic nitrogens is 1. The molecule has 0 bridgehead atoms. The molecule has 1 aliphatic heterocycles. The van der Waals surface area contributed by atoms with Gasteiger partial charge in [0.2, 0.25) is 10.0 Å². The Kier molecular flexibility index (Phi) is 4.59. The fraction of sp³-hybridized carbons (Fsp3) is 0.235. The van der Waals surface area contributed by atoms with Gasteiger partial charge in [0.05, 0.1) is 11.4 Å². The highest BCUT2D eigenvalue weighted by Crippen LogP contribution is 2.30. The second kappa shape index (κ2) is 6.52. The summed E-state index contributed by atoms with van der Waals surface area (Å²) in [6.45, 7) is -0.232. The highest BCUT2D eigenvalue weighted by molar-refractivity contribution is 7.89. The van der Waals surface area contributed by atoms with Crippen molar-refractivity contribution in [3.05, 3.63) is 59.4 Å². The zero-order valence-corrected chi connectivity index (χ0v) is 14.2. The molecule has 1 unspecified atom stereocenters. The van der Waals surface area contributed by atoms with Crippen molar-refractivity contribution in [3.8, 4) is 11.8 Å². The lowest BCUT2D eigenvalue weighted by molar-refractivity contribution is 0.259. The van der Waals surface area contributed by atoms with Gasteiger partial charge in [0, 0.05) is 24.2 Å². The van der Waals surface area contributed by atoms with Gasteiger partial charge in [-0.3, -0.25) is 0 Å². The molecule has 0 N–H and O–H groups in total. The maximum atomic E-state index is 14.8. The first kappa shape index (κ1) is 16.9. The lowest BCUT2D eigenvalue weighted by Crippen LogP contribution is -2.32. The lowest BCUT2D eigenvalue weighted by atomic mass is 10.1. The van der Waals surface area contributed by atoms with Crippen molar-refractivity contribution < 1.29 is 12.8 Å². The minimum absolute atomic E-state index is 0.0205. The Hall–Kier alpha value is -1.94. The lowest BCUT2D eigenvalue weighted by Gasteiger charge is -2.17. The molecule has 2 heterocycles. The Morgan fingerprint density at radius 3 is 2.79 bits per heavy atom. The van der Waals surface area contributed by atoms with Crippen molar-refractivity contribution in [2.24, 2.45) is 0 Å². The topological polar surface area (TPSA) is 50.3 Å². The van der Waals surface area contributed by atoms with Gasteiger partial charge in [0.1, 0.15) is 5.69 Å². The van der Waals surface area contributed by atoms with Crippen molar-refractivity contribution in [2.75, 3.05) is 13.1 Å². The van der Waals surface area contributed by atoms with Crippen molar-refractivity contribution >= 4 is 21.6 Å². The molecule has 1 atom stereocenters. The number of hydrogen-bond donors (Lipinski definition) is 0. The Balaban J connectivity index is 1.81. The average Bonchev–Trinajstić information content (AvgIpc) is 2.98. The molecule has 1 fully saturated rings. The minimum Gasteiger partial charge on any atom is -0.248 e. The van der Waals surface area contributed by atoms with E-state index in [0.29, 0.717) is 10.7 Å². The van der Waals surface area contributed by atoms with E-state index < -0.39 is 15.7 Å². The van der Waals surface area contributed by atoms with Crippen LogP contribution in [0.2, 0.25) is 5.02 Å². The van der Waals surface area contributed by atoms with Gasteiger partial charge in [0.15, 0.2) is 5.67 Å². The molecule has 0 saturated carbocycles. The Labute approximate surface area is 145 Å². The van der Waals surface area contributed by atoms with Crippen LogP contribution in [0.4, 0.5) is 4.39 Å². The zero-order valence-electron chi connectivity index (χ0n) is 12.6. The molecule has 7 heteroatoms. The Morgan fingerprint density at radius 2 is 2.08 bits per heavy atom. The first-order valence-electron chi connectivity index (χ1n) is 7.28. The maximum Gasteiger partial charge on any atom is 0.243 e. The third kappa shape index (κ3) is 3.59. The van der Waals surface area contributed by atoms with Crippen LogP contribution >= 0.6 is 11.6 Å². The summed E-state index contributed by atoms with van der Waals surface area (Å²) >= 11 is 5.84. The quantitative estimate of drug-likeness (QED) is 0.770. The molecule has 4 nitrogen and oxygen atoms in total. The van der Waals surface area contributed by atoms with Crippen molar-refractivity contribution in [1.82, 2.24) is 9.29 Å². The first-order chi connectivity index (χ1) is 11.4. The largest absolute Gasteiger partial charge is 0.248 e. The van der Waals surface area contributed by atoms with Crippen LogP contribution in [0.15, 0.2) is 53.6 Å². The van der Waals surface area contributed by atoms with Gasteiger partial charge in [0.25, 0.3) is 0 Å². The molecule has 124 valence electrons. The molecular formula is C17H14ClFN2O2S. The van der Waals surface area contributed by atoms with Crippen molar-refractivity contribution in [2.45, 2.75) is 17.0 Å². The third-order valence-corrected chi connectivity index (χ3v) is 5.77. The number of alkyl halides is 1. The predicted molar refractivity (Wildman–Crippen MR) is 89.8 cm³/mol.